The Morgan fingerprint density at radius 2 is 2.11 bits per heavy atom. The fraction of sp³-hybridized carbons (Fsp3) is 0.429. The first-order valence-corrected chi connectivity index (χ1v) is 7.23. The van der Waals surface area contributed by atoms with Gasteiger partial charge in [0.1, 0.15) is 0 Å². The average Bonchev–Trinajstić information content (AvgIpc) is 2.42. The smallest absolute Gasteiger partial charge is 0.335 e. The first-order valence-electron chi connectivity index (χ1n) is 6.24. The van der Waals surface area contributed by atoms with E-state index in [1.54, 1.807) is 30.1 Å². The molecule has 4 nitrogen and oxygen atoms in total. The van der Waals surface area contributed by atoms with Crippen molar-refractivity contribution in [2.45, 2.75) is 24.7 Å². The number of rotatable bonds is 7. The molecular formula is C14H19NO3S. The molecule has 0 aliphatic rings. The molecule has 1 rings (SSSR count). The van der Waals surface area contributed by atoms with Crippen molar-refractivity contribution in [1.29, 1.82) is 0 Å². The first-order chi connectivity index (χ1) is 9.04. The summed E-state index contributed by atoms with van der Waals surface area (Å²) in [5.74, 6) is -0.545. The highest BCUT2D eigenvalue weighted by Crippen LogP contribution is 2.19. The number of carbonyl (C=O) groups excluding carboxylic acids is 1. The number of hydrogen-bond donors (Lipinski definition) is 1. The van der Waals surface area contributed by atoms with Crippen LogP contribution in [-0.4, -0.2) is 41.2 Å². The minimum Gasteiger partial charge on any atom is -0.478 e. The largest absolute Gasteiger partial charge is 0.478 e. The normalized spacial score (nSPS) is 10.2. The van der Waals surface area contributed by atoms with E-state index in [2.05, 4.69) is 6.92 Å². The number of benzene rings is 1. The zero-order valence-corrected chi connectivity index (χ0v) is 12.1. The fourth-order valence-electron chi connectivity index (χ4n) is 1.49. The maximum Gasteiger partial charge on any atom is 0.335 e. The second-order valence-corrected chi connectivity index (χ2v) is 5.34. The topological polar surface area (TPSA) is 57.6 Å². The summed E-state index contributed by atoms with van der Waals surface area (Å²) >= 11 is 1.37. The third-order valence-electron chi connectivity index (χ3n) is 2.72. The molecule has 0 unspecified atom stereocenters. The van der Waals surface area contributed by atoms with Gasteiger partial charge in [-0.25, -0.2) is 4.79 Å². The van der Waals surface area contributed by atoms with Gasteiger partial charge in [0.25, 0.3) is 0 Å². The van der Waals surface area contributed by atoms with Crippen LogP contribution in [0.3, 0.4) is 0 Å². The molecule has 1 aromatic rings. The Labute approximate surface area is 117 Å². The quantitative estimate of drug-likeness (QED) is 0.781. The van der Waals surface area contributed by atoms with Crippen molar-refractivity contribution >= 4 is 23.6 Å². The summed E-state index contributed by atoms with van der Waals surface area (Å²) in [6, 6.07) is 6.64. The molecule has 5 heteroatoms. The van der Waals surface area contributed by atoms with Crippen LogP contribution >= 0.6 is 11.8 Å². The van der Waals surface area contributed by atoms with Crippen molar-refractivity contribution in [2.75, 3.05) is 19.3 Å². The monoisotopic (exact) mass is 281 g/mol. The summed E-state index contributed by atoms with van der Waals surface area (Å²) < 4.78 is 0. The second-order valence-electron chi connectivity index (χ2n) is 4.29. The van der Waals surface area contributed by atoms with Crippen LogP contribution in [0, 0.1) is 0 Å². The number of carboxylic acids is 1. The summed E-state index contributed by atoms with van der Waals surface area (Å²) in [7, 11) is 1.80. The van der Waals surface area contributed by atoms with E-state index >= 15 is 0 Å². The Kier molecular flexibility index (Phi) is 6.42. The number of carboxylic acid groups (broad SMARTS) is 1. The van der Waals surface area contributed by atoms with Gasteiger partial charge in [-0.1, -0.05) is 19.4 Å². The molecule has 19 heavy (non-hydrogen) atoms. The van der Waals surface area contributed by atoms with Crippen LogP contribution in [0.25, 0.3) is 0 Å². The fourth-order valence-corrected chi connectivity index (χ4v) is 2.39. The van der Waals surface area contributed by atoms with Crippen LogP contribution in [-0.2, 0) is 4.79 Å². The van der Waals surface area contributed by atoms with E-state index in [0.29, 0.717) is 5.75 Å². The van der Waals surface area contributed by atoms with Crippen molar-refractivity contribution in [3.63, 3.8) is 0 Å². The zero-order valence-electron chi connectivity index (χ0n) is 11.3. The lowest BCUT2D eigenvalue weighted by Gasteiger charge is -2.16. The van der Waals surface area contributed by atoms with Gasteiger partial charge >= 0.3 is 5.97 Å². The zero-order chi connectivity index (χ0) is 14.3. The summed E-state index contributed by atoms with van der Waals surface area (Å²) in [4.78, 5) is 25.2. The Bertz CT molecular complexity index is 448. The number of hydrogen-bond acceptors (Lipinski definition) is 3. The Hall–Kier alpha value is -1.49. The van der Waals surface area contributed by atoms with Gasteiger partial charge in [0.05, 0.1) is 11.3 Å². The number of thioether (sulfide) groups is 1. The predicted molar refractivity (Wildman–Crippen MR) is 76.7 cm³/mol. The molecule has 1 amide bonds. The Balaban J connectivity index is 2.50. The first kappa shape index (κ1) is 15.6. The highest BCUT2D eigenvalue weighted by molar-refractivity contribution is 8.00. The third-order valence-corrected chi connectivity index (χ3v) is 3.69. The van der Waals surface area contributed by atoms with Crippen LogP contribution < -0.4 is 0 Å². The molecule has 1 N–H and O–H groups in total. The van der Waals surface area contributed by atoms with E-state index in [1.165, 1.54) is 11.8 Å². The molecule has 0 radical (unpaired) electrons. The number of amides is 1. The summed E-state index contributed by atoms with van der Waals surface area (Å²) in [5.41, 5.74) is 0.247. The maximum atomic E-state index is 11.8. The summed E-state index contributed by atoms with van der Waals surface area (Å²) in [5, 5.41) is 8.89. The number of carbonyl (C=O) groups is 2. The number of nitrogens with zero attached hydrogens (tertiary/aromatic N) is 1. The number of aromatic carboxylic acids is 1. The van der Waals surface area contributed by atoms with Gasteiger partial charge in [0.15, 0.2) is 0 Å². The molecule has 0 aliphatic heterocycles. The van der Waals surface area contributed by atoms with Gasteiger partial charge in [0.2, 0.25) is 5.91 Å². The highest BCUT2D eigenvalue weighted by atomic mass is 32.2. The van der Waals surface area contributed by atoms with E-state index < -0.39 is 5.97 Å². The van der Waals surface area contributed by atoms with E-state index in [9.17, 15) is 9.59 Å². The van der Waals surface area contributed by atoms with Gasteiger partial charge in [-0.2, -0.15) is 0 Å². The molecule has 1 aromatic carbocycles. The van der Waals surface area contributed by atoms with Gasteiger partial charge in [-0.3, -0.25) is 4.79 Å². The van der Waals surface area contributed by atoms with Gasteiger partial charge < -0.3 is 10.0 Å². The lowest BCUT2D eigenvalue weighted by Crippen LogP contribution is -2.29. The molecular weight excluding hydrogens is 262 g/mol. The molecule has 0 aromatic heterocycles. The minimum absolute atomic E-state index is 0.0687. The van der Waals surface area contributed by atoms with Gasteiger partial charge in [-0.05, 0) is 24.6 Å². The van der Waals surface area contributed by atoms with Crippen LogP contribution in [0.1, 0.15) is 30.1 Å². The molecule has 104 valence electrons. The molecule has 0 saturated heterocycles. The second kappa shape index (κ2) is 7.84. The highest BCUT2D eigenvalue weighted by Gasteiger charge is 2.09. The van der Waals surface area contributed by atoms with Crippen LogP contribution in [0.5, 0.6) is 0 Å². The third kappa shape index (κ3) is 5.34. The van der Waals surface area contributed by atoms with Gasteiger partial charge in [-0.15, -0.1) is 11.8 Å². The van der Waals surface area contributed by atoms with Crippen molar-refractivity contribution in [1.82, 2.24) is 4.90 Å². The SMILES string of the molecule is CCCCN(C)C(=O)CSc1cccc(C(=O)O)c1. The van der Waals surface area contributed by atoms with E-state index in [4.69, 9.17) is 5.11 Å². The van der Waals surface area contributed by atoms with Crippen molar-refractivity contribution in [3.05, 3.63) is 29.8 Å². The molecule has 0 fully saturated rings. The molecule has 0 bridgehead atoms. The minimum atomic E-state index is -0.950. The van der Waals surface area contributed by atoms with E-state index in [-0.39, 0.29) is 11.5 Å². The van der Waals surface area contributed by atoms with Crippen LogP contribution in [0.15, 0.2) is 29.2 Å². The number of unbranched alkanes of at least 4 members (excludes halogenated alkanes) is 1. The van der Waals surface area contributed by atoms with Crippen molar-refractivity contribution < 1.29 is 14.7 Å². The molecule has 0 spiro atoms. The van der Waals surface area contributed by atoms with E-state index in [0.717, 1.165) is 24.3 Å². The van der Waals surface area contributed by atoms with Crippen molar-refractivity contribution in [2.24, 2.45) is 0 Å². The van der Waals surface area contributed by atoms with Crippen LogP contribution in [0.4, 0.5) is 0 Å². The van der Waals surface area contributed by atoms with Crippen molar-refractivity contribution in [3.8, 4) is 0 Å². The molecule has 0 atom stereocenters. The molecule has 0 aliphatic carbocycles. The summed E-state index contributed by atoms with van der Waals surface area (Å²) in [6.45, 7) is 2.86. The van der Waals surface area contributed by atoms with Crippen LogP contribution in [0.2, 0.25) is 0 Å². The predicted octanol–water partition coefficient (Wildman–Crippen LogP) is 2.74. The van der Waals surface area contributed by atoms with Gasteiger partial charge in [0, 0.05) is 18.5 Å². The molecule has 0 heterocycles. The summed E-state index contributed by atoms with van der Waals surface area (Å²) in [6.07, 6.45) is 2.06. The molecule has 0 saturated carbocycles. The average molecular weight is 281 g/mol. The van der Waals surface area contributed by atoms with E-state index in [1.807, 2.05) is 6.07 Å². The maximum absolute atomic E-state index is 11.8. The Morgan fingerprint density at radius 3 is 2.74 bits per heavy atom. The standard InChI is InChI=1S/C14H19NO3S/c1-3-4-8-15(2)13(16)10-19-12-7-5-6-11(9-12)14(17)18/h5-7,9H,3-4,8,10H2,1-2H3,(H,17,18). The lowest BCUT2D eigenvalue weighted by molar-refractivity contribution is -0.127. The Morgan fingerprint density at radius 1 is 1.37 bits per heavy atom. The lowest BCUT2D eigenvalue weighted by atomic mass is 10.2.